The number of nitrogens with zero attached hydrogens (tertiary/aromatic N) is 2. The van der Waals surface area contributed by atoms with E-state index in [-0.39, 0.29) is 11.4 Å². The van der Waals surface area contributed by atoms with Crippen molar-refractivity contribution in [3.63, 3.8) is 0 Å². The Balaban J connectivity index is 1.61. The van der Waals surface area contributed by atoms with Crippen molar-refractivity contribution < 1.29 is 9.53 Å². The number of rotatable bonds is 2. The van der Waals surface area contributed by atoms with Gasteiger partial charge in [0.05, 0.1) is 24.3 Å². The van der Waals surface area contributed by atoms with Crippen LogP contribution in [0.4, 0.5) is 0 Å². The second-order valence-corrected chi connectivity index (χ2v) is 6.33. The molecule has 1 aromatic heterocycles. The molecule has 22 heavy (non-hydrogen) atoms. The highest BCUT2D eigenvalue weighted by Gasteiger charge is 2.53. The van der Waals surface area contributed by atoms with Gasteiger partial charge in [-0.25, -0.2) is 0 Å². The molecule has 1 spiro atoms. The second kappa shape index (κ2) is 5.07. The van der Waals surface area contributed by atoms with Gasteiger partial charge in [0, 0.05) is 29.5 Å². The van der Waals surface area contributed by atoms with Crippen LogP contribution in [-0.4, -0.2) is 41.1 Å². The van der Waals surface area contributed by atoms with Crippen LogP contribution in [0.15, 0.2) is 42.7 Å². The van der Waals surface area contributed by atoms with E-state index in [4.69, 9.17) is 16.3 Å². The number of carbonyl (C=O) groups is 1. The zero-order valence-electron chi connectivity index (χ0n) is 12.0. The molecule has 3 heterocycles. The summed E-state index contributed by atoms with van der Waals surface area (Å²) in [4.78, 5) is 18.8. The highest BCUT2D eigenvalue weighted by molar-refractivity contribution is 6.30. The molecule has 0 aliphatic carbocycles. The van der Waals surface area contributed by atoms with E-state index >= 15 is 0 Å². The van der Waals surface area contributed by atoms with Crippen LogP contribution in [0.2, 0.25) is 5.02 Å². The standard InChI is InChI=1S/C17H15ClN2O2/c18-15-3-1-12(2-4-15)13-7-14(9-19-8-13)16(21)20-6-5-17(20)10-22-11-17/h1-4,7-9H,5-6,10-11H2. The molecule has 5 heteroatoms. The predicted octanol–water partition coefficient (Wildman–Crippen LogP) is 3.02. The van der Waals surface area contributed by atoms with Gasteiger partial charge in [-0.2, -0.15) is 0 Å². The summed E-state index contributed by atoms with van der Waals surface area (Å²) in [5, 5.41) is 0.691. The highest BCUT2D eigenvalue weighted by Crippen LogP contribution is 2.38. The van der Waals surface area contributed by atoms with Gasteiger partial charge in [-0.15, -0.1) is 0 Å². The van der Waals surface area contributed by atoms with Gasteiger partial charge in [-0.1, -0.05) is 23.7 Å². The van der Waals surface area contributed by atoms with Crippen molar-refractivity contribution in [2.75, 3.05) is 19.8 Å². The second-order valence-electron chi connectivity index (χ2n) is 5.89. The van der Waals surface area contributed by atoms with Crippen LogP contribution in [0, 0.1) is 0 Å². The Morgan fingerprint density at radius 1 is 1.18 bits per heavy atom. The van der Waals surface area contributed by atoms with Crippen LogP contribution in [0.1, 0.15) is 16.8 Å². The van der Waals surface area contributed by atoms with Gasteiger partial charge >= 0.3 is 0 Å². The van der Waals surface area contributed by atoms with Crippen molar-refractivity contribution in [3.8, 4) is 11.1 Å². The molecule has 2 saturated heterocycles. The van der Waals surface area contributed by atoms with Gasteiger partial charge in [0.1, 0.15) is 0 Å². The Labute approximate surface area is 133 Å². The van der Waals surface area contributed by atoms with Gasteiger partial charge in [-0.3, -0.25) is 9.78 Å². The Bertz CT molecular complexity index is 720. The maximum absolute atomic E-state index is 12.7. The summed E-state index contributed by atoms with van der Waals surface area (Å²) in [7, 11) is 0. The van der Waals surface area contributed by atoms with Crippen LogP contribution in [-0.2, 0) is 4.74 Å². The fourth-order valence-electron chi connectivity index (χ4n) is 3.01. The predicted molar refractivity (Wildman–Crippen MR) is 83.9 cm³/mol. The third kappa shape index (κ3) is 2.11. The molecule has 1 amide bonds. The minimum atomic E-state index is -0.0483. The summed E-state index contributed by atoms with van der Waals surface area (Å²) in [5.41, 5.74) is 2.49. The minimum Gasteiger partial charge on any atom is -0.376 e. The molecule has 0 unspecified atom stereocenters. The number of likely N-dealkylation sites (tertiary alicyclic amines) is 1. The van der Waals surface area contributed by atoms with Gasteiger partial charge in [0.15, 0.2) is 0 Å². The molecule has 0 radical (unpaired) electrons. The molecule has 2 fully saturated rings. The van der Waals surface area contributed by atoms with E-state index < -0.39 is 0 Å². The molecule has 2 aliphatic rings. The van der Waals surface area contributed by atoms with Crippen molar-refractivity contribution in [2.24, 2.45) is 0 Å². The number of ether oxygens (including phenoxy) is 1. The van der Waals surface area contributed by atoms with E-state index in [0.29, 0.717) is 23.8 Å². The molecular weight excluding hydrogens is 300 g/mol. The Morgan fingerprint density at radius 2 is 1.95 bits per heavy atom. The van der Waals surface area contributed by atoms with Crippen LogP contribution in [0.25, 0.3) is 11.1 Å². The fourth-order valence-corrected chi connectivity index (χ4v) is 3.13. The smallest absolute Gasteiger partial charge is 0.256 e. The summed E-state index contributed by atoms with van der Waals surface area (Å²) in [6, 6.07) is 9.42. The number of hydrogen-bond donors (Lipinski definition) is 0. The summed E-state index contributed by atoms with van der Waals surface area (Å²) in [5.74, 6) is 0.0397. The zero-order chi connectivity index (χ0) is 15.2. The van der Waals surface area contributed by atoms with E-state index in [2.05, 4.69) is 4.98 Å². The van der Waals surface area contributed by atoms with Crippen LogP contribution in [0.3, 0.4) is 0 Å². The van der Waals surface area contributed by atoms with Gasteiger partial charge in [-0.05, 0) is 30.2 Å². The number of amides is 1. The third-order valence-corrected chi connectivity index (χ3v) is 4.77. The molecule has 2 aliphatic heterocycles. The van der Waals surface area contributed by atoms with Crippen molar-refractivity contribution in [1.82, 2.24) is 9.88 Å². The van der Waals surface area contributed by atoms with E-state index in [1.54, 1.807) is 12.4 Å². The SMILES string of the molecule is O=C(c1cncc(-c2ccc(Cl)cc2)c1)N1CCC12COC2. The minimum absolute atomic E-state index is 0.0397. The first kappa shape index (κ1) is 13.7. The van der Waals surface area contributed by atoms with Crippen LogP contribution < -0.4 is 0 Å². The Hall–Kier alpha value is -1.91. The van der Waals surface area contributed by atoms with E-state index in [1.807, 2.05) is 35.2 Å². The largest absolute Gasteiger partial charge is 0.376 e. The molecular formula is C17H15ClN2O2. The van der Waals surface area contributed by atoms with Crippen molar-refractivity contribution >= 4 is 17.5 Å². The zero-order valence-corrected chi connectivity index (χ0v) is 12.7. The molecule has 4 nitrogen and oxygen atoms in total. The molecule has 112 valence electrons. The van der Waals surface area contributed by atoms with Crippen molar-refractivity contribution in [3.05, 3.63) is 53.3 Å². The fraction of sp³-hybridized carbons (Fsp3) is 0.294. The third-order valence-electron chi connectivity index (χ3n) is 4.52. The summed E-state index contributed by atoms with van der Waals surface area (Å²) in [6.45, 7) is 2.11. The lowest BCUT2D eigenvalue weighted by atomic mass is 9.82. The maximum atomic E-state index is 12.7. The molecule has 0 saturated carbocycles. The lowest BCUT2D eigenvalue weighted by Crippen LogP contribution is -2.72. The van der Waals surface area contributed by atoms with E-state index in [9.17, 15) is 4.79 Å². The van der Waals surface area contributed by atoms with Gasteiger partial charge in [0.2, 0.25) is 0 Å². The monoisotopic (exact) mass is 314 g/mol. The normalized spacial score (nSPS) is 18.7. The Morgan fingerprint density at radius 3 is 2.55 bits per heavy atom. The molecule has 0 N–H and O–H groups in total. The lowest BCUT2D eigenvalue weighted by molar-refractivity contribution is -0.172. The number of hydrogen-bond acceptors (Lipinski definition) is 3. The van der Waals surface area contributed by atoms with Gasteiger partial charge in [0.25, 0.3) is 5.91 Å². The average molecular weight is 315 g/mol. The number of pyridine rings is 1. The van der Waals surface area contributed by atoms with Crippen molar-refractivity contribution in [1.29, 1.82) is 0 Å². The maximum Gasteiger partial charge on any atom is 0.256 e. The van der Waals surface area contributed by atoms with E-state index in [1.165, 1.54) is 0 Å². The first-order chi connectivity index (χ1) is 10.7. The first-order valence-corrected chi connectivity index (χ1v) is 7.66. The molecule has 2 aromatic rings. The number of carbonyl (C=O) groups excluding carboxylic acids is 1. The van der Waals surface area contributed by atoms with Crippen LogP contribution >= 0.6 is 11.6 Å². The van der Waals surface area contributed by atoms with Crippen LogP contribution in [0.5, 0.6) is 0 Å². The number of benzene rings is 1. The average Bonchev–Trinajstić information content (AvgIpc) is 2.45. The highest BCUT2D eigenvalue weighted by atomic mass is 35.5. The lowest BCUT2D eigenvalue weighted by Gasteiger charge is -2.57. The molecule has 0 atom stereocenters. The number of halogens is 1. The quantitative estimate of drug-likeness (QED) is 0.855. The molecule has 0 bridgehead atoms. The Kier molecular flexibility index (Phi) is 3.17. The van der Waals surface area contributed by atoms with Gasteiger partial charge < -0.3 is 9.64 Å². The van der Waals surface area contributed by atoms with E-state index in [0.717, 1.165) is 24.1 Å². The van der Waals surface area contributed by atoms with Crippen molar-refractivity contribution in [2.45, 2.75) is 12.0 Å². The summed E-state index contributed by atoms with van der Waals surface area (Å²) < 4.78 is 5.28. The molecule has 4 rings (SSSR count). The first-order valence-electron chi connectivity index (χ1n) is 7.29. The summed E-state index contributed by atoms with van der Waals surface area (Å²) in [6.07, 6.45) is 4.43. The number of aromatic nitrogens is 1. The topological polar surface area (TPSA) is 42.4 Å². The summed E-state index contributed by atoms with van der Waals surface area (Å²) >= 11 is 5.91. The molecule has 1 aromatic carbocycles.